The summed E-state index contributed by atoms with van der Waals surface area (Å²) in [6.45, 7) is 1.76. The van der Waals surface area contributed by atoms with Crippen molar-refractivity contribution in [1.29, 1.82) is 5.26 Å². The normalized spacial score (nSPS) is 11.8. The van der Waals surface area contributed by atoms with Crippen LogP contribution in [-0.2, 0) is 9.53 Å². The standard InChI is InChI=1S/C14H12Cl3N3O3/c1-3-23-14(22)7(5-18)6-20-9-4-8(15)11(16)10(12(9)17)13(21)19-2/h4,6-7H,3H2,1-2H3,(H,19,21). The van der Waals surface area contributed by atoms with Crippen molar-refractivity contribution in [3.63, 3.8) is 0 Å². The number of ether oxygens (including phenoxy) is 1. The minimum absolute atomic E-state index is 0.0165. The topological polar surface area (TPSA) is 91.6 Å². The van der Waals surface area contributed by atoms with Crippen LogP contribution in [0.25, 0.3) is 0 Å². The number of halogens is 3. The van der Waals surface area contributed by atoms with Gasteiger partial charge < -0.3 is 10.1 Å². The number of nitrogens with zero attached hydrogens (tertiary/aromatic N) is 2. The van der Waals surface area contributed by atoms with Crippen molar-refractivity contribution in [2.45, 2.75) is 6.92 Å². The molecule has 0 saturated heterocycles. The number of hydrogen-bond donors (Lipinski definition) is 1. The van der Waals surface area contributed by atoms with Gasteiger partial charge in [-0.05, 0) is 13.0 Å². The second-order valence-corrected chi connectivity index (χ2v) is 5.26. The maximum absolute atomic E-state index is 11.8. The number of nitrogens with one attached hydrogen (secondary N) is 1. The molecule has 9 heteroatoms. The molecule has 1 N–H and O–H groups in total. The number of rotatable bonds is 5. The number of aliphatic imine (C=N–C) groups is 1. The van der Waals surface area contributed by atoms with Crippen molar-refractivity contribution in [3.8, 4) is 6.07 Å². The van der Waals surface area contributed by atoms with Gasteiger partial charge in [-0.25, -0.2) is 0 Å². The number of amides is 1. The van der Waals surface area contributed by atoms with Crippen LogP contribution in [0.15, 0.2) is 11.1 Å². The highest BCUT2D eigenvalue weighted by molar-refractivity contribution is 6.47. The molecule has 1 aromatic carbocycles. The molecule has 0 fully saturated rings. The van der Waals surface area contributed by atoms with Gasteiger partial charge in [0.15, 0.2) is 5.92 Å². The molecule has 23 heavy (non-hydrogen) atoms. The average molecular weight is 377 g/mol. The molecule has 1 amide bonds. The van der Waals surface area contributed by atoms with Gasteiger partial charge in [-0.2, -0.15) is 5.26 Å². The fraction of sp³-hybridized carbons (Fsp3) is 0.286. The second-order valence-electron chi connectivity index (χ2n) is 4.10. The van der Waals surface area contributed by atoms with Gasteiger partial charge in [0.25, 0.3) is 5.91 Å². The van der Waals surface area contributed by atoms with E-state index in [0.717, 1.165) is 6.21 Å². The predicted octanol–water partition coefficient (Wildman–Crippen LogP) is 3.41. The van der Waals surface area contributed by atoms with Gasteiger partial charge >= 0.3 is 5.97 Å². The van der Waals surface area contributed by atoms with E-state index < -0.39 is 17.8 Å². The van der Waals surface area contributed by atoms with E-state index in [4.69, 9.17) is 44.8 Å². The lowest BCUT2D eigenvalue weighted by Crippen LogP contribution is -2.19. The minimum Gasteiger partial charge on any atom is -0.465 e. The molecular formula is C14H12Cl3N3O3. The fourth-order valence-electron chi connectivity index (χ4n) is 1.54. The summed E-state index contributed by atoms with van der Waals surface area (Å²) in [6, 6.07) is 3.07. The van der Waals surface area contributed by atoms with Crippen LogP contribution in [0.1, 0.15) is 17.3 Å². The van der Waals surface area contributed by atoms with Gasteiger partial charge in [0.1, 0.15) is 0 Å². The Hall–Kier alpha value is -1.81. The number of carbonyl (C=O) groups is 2. The lowest BCUT2D eigenvalue weighted by Gasteiger charge is -2.10. The van der Waals surface area contributed by atoms with Gasteiger partial charge in [0.05, 0.1) is 39.0 Å². The van der Waals surface area contributed by atoms with Gasteiger partial charge in [-0.15, -0.1) is 0 Å². The Morgan fingerprint density at radius 2 is 2.09 bits per heavy atom. The van der Waals surface area contributed by atoms with Crippen molar-refractivity contribution >= 4 is 58.6 Å². The summed E-state index contributed by atoms with van der Waals surface area (Å²) < 4.78 is 4.74. The molecule has 0 aliphatic heterocycles. The first-order valence-electron chi connectivity index (χ1n) is 6.37. The Kier molecular flexibility index (Phi) is 7.30. The molecule has 6 nitrogen and oxygen atoms in total. The Bertz CT molecular complexity index is 699. The molecule has 0 heterocycles. The first kappa shape index (κ1) is 19.2. The van der Waals surface area contributed by atoms with E-state index >= 15 is 0 Å². The highest BCUT2D eigenvalue weighted by Gasteiger charge is 2.21. The van der Waals surface area contributed by atoms with E-state index in [0.29, 0.717) is 0 Å². The Labute approximate surface area is 148 Å². The number of esters is 1. The Morgan fingerprint density at radius 1 is 1.43 bits per heavy atom. The van der Waals surface area contributed by atoms with E-state index in [1.807, 2.05) is 0 Å². The second kappa shape index (κ2) is 8.73. The van der Waals surface area contributed by atoms with Crippen LogP contribution in [0.3, 0.4) is 0 Å². The molecule has 0 saturated carbocycles. The zero-order valence-electron chi connectivity index (χ0n) is 12.2. The molecule has 0 bridgehead atoms. The van der Waals surface area contributed by atoms with Gasteiger partial charge in [0.2, 0.25) is 0 Å². The quantitative estimate of drug-likeness (QED) is 0.484. The van der Waals surface area contributed by atoms with Crippen LogP contribution in [0, 0.1) is 17.2 Å². The number of benzene rings is 1. The zero-order chi connectivity index (χ0) is 17.6. The Balaban J connectivity index is 3.27. The summed E-state index contributed by atoms with van der Waals surface area (Å²) in [5.74, 6) is -2.48. The first-order valence-corrected chi connectivity index (χ1v) is 7.50. The van der Waals surface area contributed by atoms with Crippen LogP contribution in [0.2, 0.25) is 15.1 Å². The minimum atomic E-state index is -1.20. The molecule has 122 valence electrons. The summed E-state index contributed by atoms with van der Waals surface area (Å²) in [4.78, 5) is 27.3. The summed E-state index contributed by atoms with van der Waals surface area (Å²) in [5.41, 5.74) is 0.0596. The predicted molar refractivity (Wildman–Crippen MR) is 88.8 cm³/mol. The molecule has 1 unspecified atom stereocenters. The third-order valence-corrected chi connectivity index (χ3v) is 3.80. The molecule has 1 aromatic rings. The Morgan fingerprint density at radius 3 is 2.61 bits per heavy atom. The van der Waals surface area contributed by atoms with E-state index in [9.17, 15) is 9.59 Å². The molecule has 1 atom stereocenters. The fourth-order valence-corrected chi connectivity index (χ4v) is 2.31. The lowest BCUT2D eigenvalue weighted by molar-refractivity contribution is -0.143. The van der Waals surface area contributed by atoms with E-state index in [2.05, 4.69) is 10.3 Å². The van der Waals surface area contributed by atoms with Crippen molar-refractivity contribution in [2.75, 3.05) is 13.7 Å². The monoisotopic (exact) mass is 375 g/mol. The molecule has 1 rings (SSSR count). The van der Waals surface area contributed by atoms with Gasteiger partial charge in [0, 0.05) is 13.3 Å². The molecular weight excluding hydrogens is 365 g/mol. The third-order valence-electron chi connectivity index (χ3n) is 2.63. The number of nitriles is 1. The molecule has 0 aromatic heterocycles. The number of carbonyl (C=O) groups excluding carboxylic acids is 2. The lowest BCUT2D eigenvalue weighted by atomic mass is 10.1. The summed E-state index contributed by atoms with van der Waals surface area (Å²) in [7, 11) is 1.41. The highest BCUT2D eigenvalue weighted by atomic mass is 35.5. The van der Waals surface area contributed by atoms with Crippen molar-refractivity contribution in [3.05, 3.63) is 26.7 Å². The van der Waals surface area contributed by atoms with Crippen LogP contribution in [0.4, 0.5) is 5.69 Å². The first-order chi connectivity index (χ1) is 10.9. The maximum atomic E-state index is 11.8. The van der Waals surface area contributed by atoms with Crippen molar-refractivity contribution < 1.29 is 14.3 Å². The average Bonchev–Trinajstić information content (AvgIpc) is 2.52. The molecule has 0 aliphatic rings. The molecule has 0 radical (unpaired) electrons. The smallest absolute Gasteiger partial charge is 0.328 e. The highest BCUT2D eigenvalue weighted by Crippen LogP contribution is 2.38. The van der Waals surface area contributed by atoms with E-state index in [-0.39, 0.29) is 32.9 Å². The largest absolute Gasteiger partial charge is 0.465 e. The SMILES string of the molecule is CCOC(=O)C(C#N)C=Nc1cc(Cl)c(Cl)c(C(=O)NC)c1Cl. The zero-order valence-corrected chi connectivity index (χ0v) is 14.5. The summed E-state index contributed by atoms with van der Waals surface area (Å²) in [5, 5.41) is 11.3. The molecule has 0 spiro atoms. The van der Waals surface area contributed by atoms with Crippen LogP contribution in [-0.4, -0.2) is 31.7 Å². The van der Waals surface area contributed by atoms with Gasteiger partial charge in [-0.3, -0.25) is 14.6 Å². The van der Waals surface area contributed by atoms with Crippen LogP contribution < -0.4 is 5.32 Å². The van der Waals surface area contributed by atoms with Crippen LogP contribution in [0.5, 0.6) is 0 Å². The number of hydrogen-bond acceptors (Lipinski definition) is 5. The summed E-state index contributed by atoms with van der Waals surface area (Å²) in [6.07, 6.45) is 1.07. The van der Waals surface area contributed by atoms with E-state index in [1.54, 1.807) is 13.0 Å². The van der Waals surface area contributed by atoms with Crippen molar-refractivity contribution in [1.82, 2.24) is 5.32 Å². The van der Waals surface area contributed by atoms with E-state index in [1.165, 1.54) is 13.1 Å². The summed E-state index contributed by atoms with van der Waals surface area (Å²) >= 11 is 18.0. The third kappa shape index (κ3) is 4.58. The maximum Gasteiger partial charge on any atom is 0.328 e. The van der Waals surface area contributed by atoms with Crippen molar-refractivity contribution in [2.24, 2.45) is 10.9 Å². The molecule has 0 aliphatic carbocycles. The van der Waals surface area contributed by atoms with Gasteiger partial charge in [-0.1, -0.05) is 34.8 Å². The van der Waals surface area contributed by atoms with Crippen LogP contribution >= 0.6 is 34.8 Å².